The summed E-state index contributed by atoms with van der Waals surface area (Å²) < 4.78 is 4.82. The smallest absolute Gasteiger partial charge is 0.255 e. The molecule has 0 aliphatic rings. The standard InChI is InChI=1S/C15H13N3O3/c1-9-17-13(18-21-9)8-16-15(20)12-7-6-10-4-2-3-5-11(10)14(12)19/h2-7,19H,8H2,1H3,(H,16,20). The van der Waals surface area contributed by atoms with E-state index in [9.17, 15) is 9.90 Å². The van der Waals surface area contributed by atoms with E-state index in [-0.39, 0.29) is 23.8 Å². The Morgan fingerprint density at radius 1 is 1.29 bits per heavy atom. The van der Waals surface area contributed by atoms with Gasteiger partial charge in [0.1, 0.15) is 5.75 Å². The van der Waals surface area contributed by atoms with E-state index in [1.54, 1.807) is 25.1 Å². The van der Waals surface area contributed by atoms with Gasteiger partial charge in [-0.15, -0.1) is 0 Å². The van der Waals surface area contributed by atoms with Gasteiger partial charge in [-0.3, -0.25) is 4.79 Å². The molecule has 1 heterocycles. The molecule has 21 heavy (non-hydrogen) atoms. The van der Waals surface area contributed by atoms with E-state index in [0.29, 0.717) is 17.1 Å². The maximum absolute atomic E-state index is 12.1. The predicted molar refractivity (Wildman–Crippen MR) is 75.8 cm³/mol. The summed E-state index contributed by atoms with van der Waals surface area (Å²) in [5.41, 5.74) is 0.217. The Kier molecular flexibility index (Phi) is 3.27. The van der Waals surface area contributed by atoms with Gasteiger partial charge in [0.25, 0.3) is 5.91 Å². The maximum atomic E-state index is 12.1. The fourth-order valence-corrected chi connectivity index (χ4v) is 2.11. The monoisotopic (exact) mass is 283 g/mol. The Balaban J connectivity index is 1.82. The zero-order valence-corrected chi connectivity index (χ0v) is 11.3. The number of rotatable bonds is 3. The maximum Gasteiger partial charge on any atom is 0.255 e. The number of carbonyl (C=O) groups is 1. The van der Waals surface area contributed by atoms with E-state index in [0.717, 1.165) is 5.39 Å². The molecule has 6 heteroatoms. The number of aromatic nitrogens is 2. The van der Waals surface area contributed by atoms with Crippen LogP contribution in [0.1, 0.15) is 22.1 Å². The molecule has 6 nitrogen and oxygen atoms in total. The minimum Gasteiger partial charge on any atom is -0.506 e. The molecule has 0 saturated carbocycles. The molecule has 0 saturated heterocycles. The number of fused-ring (bicyclic) bond motifs is 1. The molecule has 1 amide bonds. The van der Waals surface area contributed by atoms with Crippen LogP contribution >= 0.6 is 0 Å². The lowest BCUT2D eigenvalue weighted by Crippen LogP contribution is -2.23. The largest absolute Gasteiger partial charge is 0.506 e. The Morgan fingerprint density at radius 2 is 2.10 bits per heavy atom. The van der Waals surface area contributed by atoms with Crippen molar-refractivity contribution in [2.45, 2.75) is 13.5 Å². The summed E-state index contributed by atoms with van der Waals surface area (Å²) in [4.78, 5) is 16.1. The number of aromatic hydroxyl groups is 1. The van der Waals surface area contributed by atoms with Gasteiger partial charge in [0, 0.05) is 12.3 Å². The molecule has 0 fully saturated rings. The van der Waals surface area contributed by atoms with E-state index >= 15 is 0 Å². The van der Waals surface area contributed by atoms with Crippen molar-refractivity contribution in [3.05, 3.63) is 53.7 Å². The van der Waals surface area contributed by atoms with Crippen molar-refractivity contribution in [3.63, 3.8) is 0 Å². The first-order chi connectivity index (χ1) is 10.1. The van der Waals surface area contributed by atoms with Gasteiger partial charge in [-0.2, -0.15) is 4.98 Å². The highest BCUT2D eigenvalue weighted by Gasteiger charge is 2.14. The Bertz CT molecular complexity index is 811. The highest BCUT2D eigenvalue weighted by Crippen LogP contribution is 2.28. The van der Waals surface area contributed by atoms with Crippen molar-refractivity contribution in [3.8, 4) is 5.75 Å². The van der Waals surface area contributed by atoms with Gasteiger partial charge >= 0.3 is 0 Å². The molecule has 106 valence electrons. The molecule has 0 atom stereocenters. The molecule has 3 aromatic rings. The molecule has 1 aromatic heterocycles. The molecule has 0 unspecified atom stereocenters. The first-order valence-electron chi connectivity index (χ1n) is 6.43. The van der Waals surface area contributed by atoms with Crippen molar-refractivity contribution in [2.75, 3.05) is 0 Å². The van der Waals surface area contributed by atoms with E-state index in [1.165, 1.54) is 0 Å². The van der Waals surface area contributed by atoms with Crippen LogP contribution in [0, 0.1) is 6.92 Å². The van der Waals surface area contributed by atoms with Crippen LogP contribution in [-0.2, 0) is 6.54 Å². The normalized spacial score (nSPS) is 10.7. The van der Waals surface area contributed by atoms with E-state index in [4.69, 9.17) is 4.52 Å². The van der Waals surface area contributed by atoms with Gasteiger partial charge in [-0.1, -0.05) is 35.5 Å². The molecule has 0 radical (unpaired) electrons. The molecule has 2 N–H and O–H groups in total. The third-order valence-corrected chi connectivity index (χ3v) is 3.12. The number of amides is 1. The van der Waals surface area contributed by atoms with Crippen LogP contribution < -0.4 is 5.32 Å². The van der Waals surface area contributed by atoms with Crippen molar-refractivity contribution >= 4 is 16.7 Å². The van der Waals surface area contributed by atoms with E-state index in [1.807, 2.05) is 18.2 Å². The first-order valence-corrected chi connectivity index (χ1v) is 6.43. The average molecular weight is 283 g/mol. The summed E-state index contributed by atoms with van der Waals surface area (Å²) in [6.07, 6.45) is 0. The Labute approximate surface area is 120 Å². The number of nitrogens with zero attached hydrogens (tertiary/aromatic N) is 2. The predicted octanol–water partition coefficient (Wildman–Crippen LogP) is 2.17. The van der Waals surface area contributed by atoms with E-state index < -0.39 is 0 Å². The highest BCUT2D eigenvalue weighted by atomic mass is 16.5. The van der Waals surface area contributed by atoms with Crippen molar-refractivity contribution < 1.29 is 14.4 Å². The summed E-state index contributed by atoms with van der Waals surface area (Å²) in [7, 11) is 0. The van der Waals surface area contributed by atoms with Crippen molar-refractivity contribution in [1.29, 1.82) is 0 Å². The van der Waals surface area contributed by atoms with Gasteiger partial charge in [0.15, 0.2) is 5.82 Å². The number of hydrogen-bond donors (Lipinski definition) is 2. The number of aryl methyl sites for hydroxylation is 1. The molecule has 0 spiro atoms. The molecule has 0 bridgehead atoms. The molecular formula is C15H13N3O3. The minimum absolute atomic E-state index is 0.0325. The summed E-state index contributed by atoms with van der Waals surface area (Å²) in [6.45, 7) is 1.82. The van der Waals surface area contributed by atoms with Crippen LogP contribution in [0.15, 0.2) is 40.9 Å². The molecule has 3 rings (SSSR count). The highest BCUT2D eigenvalue weighted by molar-refractivity contribution is 6.03. The van der Waals surface area contributed by atoms with Gasteiger partial charge in [-0.25, -0.2) is 0 Å². The second-order valence-corrected chi connectivity index (χ2v) is 4.60. The van der Waals surface area contributed by atoms with Crippen LogP contribution in [0.25, 0.3) is 10.8 Å². The third-order valence-electron chi connectivity index (χ3n) is 3.12. The number of hydrogen-bond acceptors (Lipinski definition) is 5. The Morgan fingerprint density at radius 3 is 2.86 bits per heavy atom. The lowest BCUT2D eigenvalue weighted by atomic mass is 10.0. The second-order valence-electron chi connectivity index (χ2n) is 4.60. The Hall–Kier alpha value is -2.89. The van der Waals surface area contributed by atoms with Gasteiger partial charge in [-0.05, 0) is 11.5 Å². The molecule has 0 aliphatic carbocycles. The molecular weight excluding hydrogens is 270 g/mol. The fourth-order valence-electron chi connectivity index (χ4n) is 2.11. The quantitative estimate of drug-likeness (QED) is 0.769. The summed E-state index contributed by atoms with van der Waals surface area (Å²) in [6, 6.07) is 10.7. The van der Waals surface area contributed by atoms with Crippen LogP contribution in [0.3, 0.4) is 0 Å². The van der Waals surface area contributed by atoms with Crippen molar-refractivity contribution in [1.82, 2.24) is 15.5 Å². The number of phenolic OH excluding ortho intramolecular Hbond substituents is 1. The molecule has 0 aliphatic heterocycles. The zero-order chi connectivity index (χ0) is 14.8. The SMILES string of the molecule is Cc1nc(CNC(=O)c2ccc3ccccc3c2O)no1. The number of phenols is 1. The van der Waals surface area contributed by atoms with Gasteiger partial charge < -0.3 is 14.9 Å². The second kappa shape index (κ2) is 5.24. The lowest BCUT2D eigenvalue weighted by Gasteiger charge is -2.07. The topological polar surface area (TPSA) is 88.2 Å². The summed E-state index contributed by atoms with van der Waals surface area (Å²) in [5.74, 6) is 0.407. The fraction of sp³-hybridized carbons (Fsp3) is 0.133. The number of carbonyl (C=O) groups excluding carboxylic acids is 1. The van der Waals surface area contributed by atoms with Gasteiger partial charge in [0.2, 0.25) is 5.89 Å². The zero-order valence-electron chi connectivity index (χ0n) is 11.3. The van der Waals surface area contributed by atoms with Crippen LogP contribution in [-0.4, -0.2) is 21.2 Å². The van der Waals surface area contributed by atoms with Gasteiger partial charge in [0.05, 0.1) is 12.1 Å². The molecule has 2 aromatic carbocycles. The summed E-state index contributed by atoms with van der Waals surface area (Å²) >= 11 is 0. The number of nitrogens with one attached hydrogen (secondary N) is 1. The lowest BCUT2D eigenvalue weighted by molar-refractivity contribution is 0.0947. The van der Waals surface area contributed by atoms with E-state index in [2.05, 4.69) is 15.5 Å². The van der Waals surface area contributed by atoms with Crippen LogP contribution in [0.5, 0.6) is 5.75 Å². The van der Waals surface area contributed by atoms with Crippen molar-refractivity contribution in [2.24, 2.45) is 0 Å². The number of benzene rings is 2. The average Bonchev–Trinajstić information content (AvgIpc) is 2.91. The van der Waals surface area contributed by atoms with Crippen LogP contribution in [0.2, 0.25) is 0 Å². The minimum atomic E-state index is -0.388. The third kappa shape index (κ3) is 2.55. The summed E-state index contributed by atoms with van der Waals surface area (Å²) in [5, 5.41) is 18.1. The first kappa shape index (κ1) is 13.1. The van der Waals surface area contributed by atoms with Crippen LogP contribution in [0.4, 0.5) is 0 Å².